The van der Waals surface area contributed by atoms with Crippen molar-refractivity contribution in [2.75, 3.05) is 13.7 Å². The van der Waals surface area contributed by atoms with Crippen LogP contribution in [0.1, 0.15) is 42.5 Å². The number of rotatable bonds is 6. The van der Waals surface area contributed by atoms with E-state index in [2.05, 4.69) is 5.32 Å². The maximum atomic E-state index is 13.1. The minimum Gasteiger partial charge on any atom is -0.497 e. The molecule has 148 valence electrons. The molecule has 0 spiro atoms. The van der Waals surface area contributed by atoms with Gasteiger partial charge >= 0.3 is 0 Å². The van der Waals surface area contributed by atoms with Gasteiger partial charge in [0.2, 0.25) is 11.8 Å². The number of piperidine rings is 1. The van der Waals surface area contributed by atoms with E-state index in [1.54, 1.807) is 7.11 Å². The Hall–Kier alpha value is -2.82. The zero-order chi connectivity index (χ0) is 20.1. The van der Waals surface area contributed by atoms with Gasteiger partial charge < -0.3 is 15.0 Å². The van der Waals surface area contributed by atoms with Gasteiger partial charge in [0.15, 0.2) is 0 Å². The number of benzene rings is 2. The van der Waals surface area contributed by atoms with Crippen molar-refractivity contribution < 1.29 is 14.3 Å². The molecule has 1 aliphatic heterocycles. The lowest BCUT2D eigenvalue weighted by Gasteiger charge is -2.40. The van der Waals surface area contributed by atoms with Crippen LogP contribution in [0, 0.1) is 12.8 Å². The fraction of sp³-hybridized carbons (Fsp3) is 0.391. The summed E-state index contributed by atoms with van der Waals surface area (Å²) in [5.41, 5.74) is 3.23. The highest BCUT2D eigenvalue weighted by atomic mass is 16.5. The van der Waals surface area contributed by atoms with Gasteiger partial charge in [-0.1, -0.05) is 36.4 Å². The van der Waals surface area contributed by atoms with Gasteiger partial charge in [-0.05, 0) is 49.1 Å². The normalized spacial score (nSPS) is 19.4. The van der Waals surface area contributed by atoms with Gasteiger partial charge in [0.05, 0.1) is 19.1 Å². The molecule has 0 bridgehead atoms. The molecule has 0 radical (unpaired) electrons. The second-order valence-electron chi connectivity index (χ2n) is 7.19. The fourth-order valence-electron chi connectivity index (χ4n) is 3.94. The van der Waals surface area contributed by atoms with Crippen LogP contribution in [0.5, 0.6) is 5.75 Å². The Bertz CT molecular complexity index is 832. The van der Waals surface area contributed by atoms with Gasteiger partial charge in [0, 0.05) is 19.5 Å². The highest BCUT2D eigenvalue weighted by Crippen LogP contribution is 2.37. The van der Waals surface area contributed by atoms with Crippen molar-refractivity contribution >= 4 is 11.8 Å². The van der Waals surface area contributed by atoms with Crippen LogP contribution in [0.4, 0.5) is 0 Å². The lowest BCUT2D eigenvalue weighted by atomic mass is 9.83. The predicted octanol–water partition coefficient (Wildman–Crippen LogP) is 3.62. The Labute approximate surface area is 166 Å². The molecule has 1 aliphatic rings. The van der Waals surface area contributed by atoms with Crippen molar-refractivity contribution in [3.05, 3.63) is 65.2 Å². The van der Waals surface area contributed by atoms with E-state index in [4.69, 9.17) is 4.74 Å². The number of hydrogen-bond acceptors (Lipinski definition) is 3. The summed E-state index contributed by atoms with van der Waals surface area (Å²) in [6.07, 6.45) is 0.967. The van der Waals surface area contributed by atoms with E-state index in [1.165, 1.54) is 0 Å². The Morgan fingerprint density at radius 3 is 2.54 bits per heavy atom. The van der Waals surface area contributed by atoms with Gasteiger partial charge in [-0.25, -0.2) is 0 Å². The molecule has 3 rings (SSSR count). The SMILES string of the molecule is CCN1C(=O)CC[C@@H](C(=O)NCc2ccccc2C)[C@@H]1c1ccc(OC)cc1. The van der Waals surface area contributed by atoms with E-state index < -0.39 is 0 Å². The first-order valence-corrected chi connectivity index (χ1v) is 9.80. The van der Waals surface area contributed by atoms with E-state index in [-0.39, 0.29) is 23.8 Å². The summed E-state index contributed by atoms with van der Waals surface area (Å²) in [5.74, 6) is 0.589. The first-order chi connectivity index (χ1) is 13.5. The van der Waals surface area contributed by atoms with Crippen molar-refractivity contribution in [1.82, 2.24) is 10.2 Å². The average molecular weight is 380 g/mol. The summed E-state index contributed by atoms with van der Waals surface area (Å²) in [6, 6.07) is 15.4. The third kappa shape index (κ3) is 4.19. The molecule has 2 aromatic rings. The molecule has 5 nitrogen and oxygen atoms in total. The zero-order valence-electron chi connectivity index (χ0n) is 16.8. The van der Waals surface area contributed by atoms with Crippen LogP contribution < -0.4 is 10.1 Å². The number of nitrogens with zero attached hydrogens (tertiary/aromatic N) is 1. The number of methoxy groups -OCH3 is 1. The molecule has 5 heteroatoms. The van der Waals surface area contributed by atoms with E-state index in [9.17, 15) is 9.59 Å². The highest BCUT2D eigenvalue weighted by Gasteiger charge is 2.39. The first kappa shape index (κ1) is 19.9. The number of amides is 2. The predicted molar refractivity (Wildman–Crippen MR) is 109 cm³/mol. The molecule has 2 amide bonds. The summed E-state index contributed by atoms with van der Waals surface area (Å²) in [4.78, 5) is 27.4. The first-order valence-electron chi connectivity index (χ1n) is 9.80. The molecule has 28 heavy (non-hydrogen) atoms. The number of hydrogen-bond donors (Lipinski definition) is 1. The van der Waals surface area contributed by atoms with Crippen LogP contribution in [0.2, 0.25) is 0 Å². The van der Waals surface area contributed by atoms with Gasteiger partial charge in [-0.3, -0.25) is 9.59 Å². The quantitative estimate of drug-likeness (QED) is 0.833. The molecule has 1 fully saturated rings. The van der Waals surface area contributed by atoms with Crippen LogP contribution in [-0.2, 0) is 16.1 Å². The summed E-state index contributed by atoms with van der Waals surface area (Å²) in [5, 5.41) is 3.09. The largest absolute Gasteiger partial charge is 0.497 e. The minimum absolute atomic E-state index is 0.00461. The van der Waals surface area contributed by atoms with Crippen molar-refractivity contribution in [1.29, 1.82) is 0 Å². The smallest absolute Gasteiger partial charge is 0.225 e. The third-order valence-electron chi connectivity index (χ3n) is 5.56. The summed E-state index contributed by atoms with van der Waals surface area (Å²) in [6.45, 7) is 5.08. The third-order valence-corrected chi connectivity index (χ3v) is 5.56. The Morgan fingerprint density at radius 2 is 1.89 bits per heavy atom. The monoisotopic (exact) mass is 380 g/mol. The van der Waals surface area contributed by atoms with Gasteiger partial charge in [0.25, 0.3) is 0 Å². The Morgan fingerprint density at radius 1 is 1.18 bits per heavy atom. The van der Waals surface area contributed by atoms with Gasteiger partial charge in [0.1, 0.15) is 5.75 Å². The number of carbonyl (C=O) groups excluding carboxylic acids is 2. The Kier molecular flexibility index (Phi) is 6.34. The van der Waals surface area contributed by atoms with E-state index >= 15 is 0 Å². The molecule has 0 saturated carbocycles. The van der Waals surface area contributed by atoms with Crippen LogP contribution in [0.25, 0.3) is 0 Å². The lowest BCUT2D eigenvalue weighted by Crippen LogP contribution is -2.47. The van der Waals surface area contributed by atoms with Crippen molar-refractivity contribution in [2.24, 2.45) is 5.92 Å². The molecule has 0 unspecified atom stereocenters. The highest BCUT2D eigenvalue weighted by molar-refractivity contribution is 5.85. The molecular formula is C23H28N2O3. The van der Waals surface area contributed by atoms with Crippen molar-refractivity contribution in [3.63, 3.8) is 0 Å². The zero-order valence-corrected chi connectivity index (χ0v) is 16.8. The second-order valence-corrected chi connectivity index (χ2v) is 7.19. The van der Waals surface area contributed by atoms with Crippen molar-refractivity contribution in [2.45, 2.75) is 39.3 Å². The summed E-state index contributed by atoms with van der Waals surface area (Å²) >= 11 is 0. The molecule has 0 aromatic heterocycles. The van der Waals surface area contributed by atoms with Gasteiger partial charge in [-0.2, -0.15) is 0 Å². The van der Waals surface area contributed by atoms with E-state index in [0.717, 1.165) is 22.4 Å². The lowest BCUT2D eigenvalue weighted by molar-refractivity contribution is -0.143. The maximum Gasteiger partial charge on any atom is 0.225 e. The van der Waals surface area contributed by atoms with Crippen LogP contribution in [0.3, 0.4) is 0 Å². The van der Waals surface area contributed by atoms with E-state index in [0.29, 0.717) is 25.9 Å². The molecular weight excluding hydrogens is 352 g/mol. The minimum atomic E-state index is -0.268. The molecule has 1 saturated heterocycles. The number of nitrogens with one attached hydrogen (secondary N) is 1. The second kappa shape index (κ2) is 8.91. The van der Waals surface area contributed by atoms with Gasteiger partial charge in [-0.15, -0.1) is 0 Å². The fourth-order valence-corrected chi connectivity index (χ4v) is 3.94. The van der Waals surface area contributed by atoms with E-state index in [1.807, 2.05) is 67.3 Å². The molecule has 2 atom stereocenters. The van der Waals surface area contributed by atoms with Crippen LogP contribution in [0.15, 0.2) is 48.5 Å². The maximum absolute atomic E-state index is 13.1. The standard InChI is InChI=1S/C23H28N2O3/c1-4-25-21(26)14-13-20(22(25)17-9-11-19(28-3)12-10-17)23(27)24-15-18-8-6-5-7-16(18)2/h5-12,20,22H,4,13-15H2,1-3H3,(H,24,27)/t20-,22+/m1/s1. The molecule has 0 aliphatic carbocycles. The number of ether oxygens (including phenoxy) is 1. The molecule has 1 heterocycles. The number of likely N-dealkylation sites (tertiary alicyclic amines) is 1. The summed E-state index contributed by atoms with van der Waals surface area (Å²) in [7, 11) is 1.62. The molecule has 1 N–H and O–H groups in total. The van der Waals surface area contributed by atoms with Crippen LogP contribution in [-0.4, -0.2) is 30.4 Å². The average Bonchev–Trinajstić information content (AvgIpc) is 2.72. The number of carbonyl (C=O) groups is 2. The van der Waals surface area contributed by atoms with Crippen LogP contribution >= 0.6 is 0 Å². The summed E-state index contributed by atoms with van der Waals surface area (Å²) < 4.78 is 5.24. The Balaban J connectivity index is 1.82. The topological polar surface area (TPSA) is 58.6 Å². The van der Waals surface area contributed by atoms with Crippen molar-refractivity contribution in [3.8, 4) is 5.75 Å². The number of aryl methyl sites for hydroxylation is 1. The molecule has 2 aromatic carbocycles.